The number of carbonyl (C=O) groups is 1. The fraction of sp³-hybridized carbons (Fsp3) is 0.556. The quantitative estimate of drug-likeness (QED) is 0.522. The van der Waals surface area contributed by atoms with Crippen molar-refractivity contribution in [2.45, 2.75) is 76.4 Å². The number of rotatable bonds is 8. The number of halogens is 2. The number of benzene rings is 1. The third-order valence-electron chi connectivity index (χ3n) is 7.39. The van der Waals surface area contributed by atoms with Gasteiger partial charge in [0.2, 0.25) is 5.92 Å². The zero-order valence-corrected chi connectivity index (χ0v) is 22.0. The average Bonchev–Trinajstić information content (AvgIpc) is 3.21. The van der Waals surface area contributed by atoms with E-state index in [1.165, 1.54) is 0 Å². The molecule has 9 heteroatoms. The van der Waals surface area contributed by atoms with Crippen LogP contribution in [0.4, 0.5) is 8.78 Å². The number of amides is 1. The molecule has 1 aliphatic carbocycles. The second kappa shape index (κ2) is 10.5. The lowest BCUT2D eigenvalue weighted by molar-refractivity contribution is -0.0506. The molecule has 1 aliphatic heterocycles. The zero-order valence-electron chi connectivity index (χ0n) is 21.1. The van der Waals surface area contributed by atoms with E-state index in [1.807, 2.05) is 6.07 Å². The summed E-state index contributed by atoms with van der Waals surface area (Å²) in [7, 11) is -3.26. The van der Waals surface area contributed by atoms with Crippen LogP contribution < -0.4 is 5.32 Å². The van der Waals surface area contributed by atoms with Crippen molar-refractivity contribution >= 4 is 15.7 Å². The van der Waals surface area contributed by atoms with Crippen LogP contribution in [-0.2, 0) is 22.9 Å². The number of sulfone groups is 1. The van der Waals surface area contributed by atoms with E-state index in [1.54, 1.807) is 37.4 Å². The molecule has 1 saturated carbocycles. The van der Waals surface area contributed by atoms with Gasteiger partial charge in [-0.15, -0.1) is 0 Å². The summed E-state index contributed by atoms with van der Waals surface area (Å²) in [6.07, 6.45) is 2.61. The second-order valence-corrected chi connectivity index (χ2v) is 12.7. The lowest BCUT2D eigenvalue weighted by atomic mass is 9.86. The number of alkyl halides is 2. The maximum atomic E-state index is 13.6. The van der Waals surface area contributed by atoms with Crippen molar-refractivity contribution in [3.05, 3.63) is 58.9 Å². The first-order valence-corrected chi connectivity index (χ1v) is 14.3. The molecule has 0 unspecified atom stereocenters. The van der Waals surface area contributed by atoms with Crippen molar-refractivity contribution < 1.29 is 22.0 Å². The van der Waals surface area contributed by atoms with Crippen LogP contribution in [-0.4, -0.2) is 42.4 Å². The fourth-order valence-electron chi connectivity index (χ4n) is 5.32. The zero-order chi connectivity index (χ0) is 26.1. The molecule has 0 saturated heterocycles. The summed E-state index contributed by atoms with van der Waals surface area (Å²) >= 11 is 0. The highest BCUT2D eigenvalue weighted by molar-refractivity contribution is 7.91. The number of hydrogen-bond acceptors (Lipinski definition) is 5. The number of pyridine rings is 1. The van der Waals surface area contributed by atoms with Gasteiger partial charge in [0.05, 0.1) is 27.9 Å². The smallest absolute Gasteiger partial charge is 0.253 e. The molecule has 1 aromatic heterocycles. The van der Waals surface area contributed by atoms with Gasteiger partial charge in [0.15, 0.2) is 9.84 Å². The summed E-state index contributed by atoms with van der Waals surface area (Å²) in [4.78, 5) is 20.1. The fourth-order valence-corrected chi connectivity index (χ4v) is 6.21. The van der Waals surface area contributed by atoms with E-state index in [4.69, 9.17) is 0 Å². The minimum atomic E-state index is -3.26. The molecule has 0 spiro atoms. The molecule has 6 nitrogen and oxygen atoms in total. The van der Waals surface area contributed by atoms with Crippen LogP contribution in [0.15, 0.2) is 41.4 Å². The van der Waals surface area contributed by atoms with E-state index in [2.05, 4.69) is 29.0 Å². The first-order chi connectivity index (χ1) is 17.0. The third-order valence-corrected chi connectivity index (χ3v) is 9.14. The van der Waals surface area contributed by atoms with Gasteiger partial charge >= 0.3 is 0 Å². The molecule has 2 heterocycles. The lowest BCUT2D eigenvalue weighted by Gasteiger charge is -2.34. The summed E-state index contributed by atoms with van der Waals surface area (Å²) in [5, 5.41) is 2.88. The lowest BCUT2D eigenvalue weighted by Crippen LogP contribution is -2.34. The molecular weight excluding hydrogens is 484 g/mol. The van der Waals surface area contributed by atoms with E-state index in [9.17, 15) is 22.0 Å². The Labute approximate surface area is 212 Å². The highest BCUT2D eigenvalue weighted by atomic mass is 32.2. The molecule has 1 fully saturated rings. The highest BCUT2D eigenvalue weighted by Crippen LogP contribution is 2.41. The molecule has 1 aromatic carbocycles. The Morgan fingerprint density at radius 1 is 1.19 bits per heavy atom. The van der Waals surface area contributed by atoms with Gasteiger partial charge in [-0.05, 0) is 54.0 Å². The number of aromatic nitrogens is 1. The SMILES string of the molecule is CCS(=O)(=O)c1ccc(CNC(=O)c2cnc3c(c2)CN(CC2CCC(F)(F)CC2)[C@H]3C(C)C)cc1. The number of fused-ring (bicyclic) bond motifs is 1. The molecule has 0 bridgehead atoms. The number of carbonyl (C=O) groups excluding carboxylic acids is 1. The Balaban J connectivity index is 1.40. The normalized spacial score (nSPS) is 20.4. The van der Waals surface area contributed by atoms with Crippen LogP contribution in [0.25, 0.3) is 0 Å². The standard InChI is InChI=1S/C27H35F2N3O3S/c1-4-36(34,35)23-7-5-19(6-8-23)14-31-26(33)21-13-22-17-32(25(18(2)3)24(22)30-15-21)16-20-9-11-27(28,29)12-10-20/h5-8,13,15,18,20,25H,4,9-12,14,16-17H2,1-3H3,(H,31,33)/t25-/m0/s1. The van der Waals surface area contributed by atoms with Gasteiger partial charge in [-0.2, -0.15) is 0 Å². The van der Waals surface area contributed by atoms with Crippen molar-refractivity contribution in [1.82, 2.24) is 15.2 Å². The largest absolute Gasteiger partial charge is 0.348 e. The predicted molar refractivity (Wildman–Crippen MR) is 134 cm³/mol. The van der Waals surface area contributed by atoms with E-state index in [0.717, 1.165) is 23.4 Å². The minimum absolute atomic E-state index is 0.0372. The molecule has 1 N–H and O–H groups in total. The summed E-state index contributed by atoms with van der Waals surface area (Å²) in [6, 6.07) is 8.53. The Morgan fingerprint density at radius 2 is 1.86 bits per heavy atom. The summed E-state index contributed by atoms with van der Waals surface area (Å²) in [6.45, 7) is 7.58. The van der Waals surface area contributed by atoms with Gasteiger partial charge < -0.3 is 5.32 Å². The van der Waals surface area contributed by atoms with Crippen LogP contribution in [0.1, 0.15) is 79.7 Å². The molecule has 1 atom stereocenters. The molecule has 2 aromatic rings. The van der Waals surface area contributed by atoms with Crippen molar-refractivity contribution in [3.63, 3.8) is 0 Å². The van der Waals surface area contributed by atoms with E-state index in [-0.39, 0.29) is 47.9 Å². The number of hydrogen-bond donors (Lipinski definition) is 1. The van der Waals surface area contributed by atoms with Crippen molar-refractivity contribution in [3.8, 4) is 0 Å². The van der Waals surface area contributed by atoms with Crippen LogP contribution >= 0.6 is 0 Å². The van der Waals surface area contributed by atoms with Crippen LogP contribution in [0.2, 0.25) is 0 Å². The molecule has 0 radical (unpaired) electrons. The summed E-state index contributed by atoms with van der Waals surface area (Å²) < 4.78 is 51.1. The van der Waals surface area contributed by atoms with E-state index in [0.29, 0.717) is 30.9 Å². The van der Waals surface area contributed by atoms with Crippen LogP contribution in [0.3, 0.4) is 0 Å². The van der Waals surface area contributed by atoms with Gasteiger partial charge in [-0.25, -0.2) is 17.2 Å². The highest BCUT2D eigenvalue weighted by Gasteiger charge is 2.39. The molecule has 36 heavy (non-hydrogen) atoms. The first kappa shape index (κ1) is 26.7. The second-order valence-electron chi connectivity index (χ2n) is 10.4. The summed E-state index contributed by atoms with van der Waals surface area (Å²) in [5.74, 6) is -2.17. The maximum Gasteiger partial charge on any atom is 0.253 e. The van der Waals surface area contributed by atoms with Gasteiger partial charge in [-0.3, -0.25) is 14.7 Å². The summed E-state index contributed by atoms with van der Waals surface area (Å²) in [5.41, 5.74) is 3.25. The van der Waals surface area contributed by atoms with E-state index < -0.39 is 15.8 Å². The topological polar surface area (TPSA) is 79.4 Å². The Hall–Kier alpha value is -2.39. The first-order valence-electron chi connectivity index (χ1n) is 12.7. The predicted octanol–water partition coefficient (Wildman–Crippen LogP) is 5.14. The van der Waals surface area contributed by atoms with E-state index >= 15 is 0 Å². The number of nitrogens with zero attached hydrogens (tertiary/aromatic N) is 2. The van der Waals surface area contributed by atoms with Crippen molar-refractivity contribution in [2.24, 2.45) is 11.8 Å². The average molecular weight is 520 g/mol. The Kier molecular flexibility index (Phi) is 7.80. The monoisotopic (exact) mass is 519 g/mol. The molecular formula is C27H35F2N3O3S. The molecule has 2 aliphatic rings. The maximum absolute atomic E-state index is 13.6. The van der Waals surface area contributed by atoms with Gasteiger partial charge in [0.25, 0.3) is 5.91 Å². The molecule has 196 valence electrons. The molecule has 1 amide bonds. The number of nitrogens with one attached hydrogen (secondary N) is 1. The third kappa shape index (κ3) is 5.94. The Bertz CT molecular complexity index is 1190. The van der Waals surface area contributed by atoms with Crippen molar-refractivity contribution in [1.29, 1.82) is 0 Å². The van der Waals surface area contributed by atoms with Gasteiger partial charge in [0, 0.05) is 38.7 Å². The van der Waals surface area contributed by atoms with Crippen LogP contribution in [0.5, 0.6) is 0 Å². The van der Waals surface area contributed by atoms with Crippen LogP contribution in [0, 0.1) is 11.8 Å². The van der Waals surface area contributed by atoms with Gasteiger partial charge in [-0.1, -0.05) is 32.9 Å². The minimum Gasteiger partial charge on any atom is -0.348 e. The molecule has 4 rings (SSSR count). The Morgan fingerprint density at radius 3 is 2.47 bits per heavy atom. The van der Waals surface area contributed by atoms with Gasteiger partial charge in [0.1, 0.15) is 0 Å². The van der Waals surface area contributed by atoms with Crippen molar-refractivity contribution in [2.75, 3.05) is 12.3 Å².